The van der Waals surface area contributed by atoms with Crippen molar-refractivity contribution in [3.05, 3.63) is 75.9 Å². The van der Waals surface area contributed by atoms with Crippen LogP contribution in [0.15, 0.2) is 62.5 Å². The van der Waals surface area contributed by atoms with Gasteiger partial charge >= 0.3 is 17.8 Å². The van der Waals surface area contributed by atoms with Crippen LogP contribution in [0.25, 0.3) is 0 Å². The van der Waals surface area contributed by atoms with E-state index in [2.05, 4.69) is 36.5 Å². The molecule has 0 bridgehead atoms. The molecular formula is C24H21BrFN3O7. The van der Waals surface area contributed by atoms with E-state index in [4.69, 9.17) is 13.9 Å². The molecule has 12 heteroatoms. The smallest absolute Gasteiger partial charge is 0.373 e. The maximum atomic E-state index is 13.8. The summed E-state index contributed by atoms with van der Waals surface area (Å²) in [5.74, 6) is -2.18. The number of anilines is 1. The Hall–Kier alpha value is -4.19. The van der Waals surface area contributed by atoms with E-state index in [0.29, 0.717) is 33.9 Å². The zero-order valence-corrected chi connectivity index (χ0v) is 20.8. The fraction of sp³-hybridized carbons (Fsp3) is 0.167. The molecule has 1 aromatic heterocycles. The lowest BCUT2D eigenvalue weighted by molar-refractivity contribution is -0.136. The van der Waals surface area contributed by atoms with Crippen LogP contribution >= 0.6 is 15.9 Å². The number of carbonyl (C=O) groups is 3. The highest BCUT2D eigenvalue weighted by atomic mass is 79.9. The lowest BCUT2D eigenvalue weighted by Gasteiger charge is -2.11. The lowest BCUT2D eigenvalue weighted by atomic mass is 10.2. The van der Waals surface area contributed by atoms with Crippen LogP contribution in [0.4, 0.5) is 10.1 Å². The number of nitrogens with zero attached hydrogens (tertiary/aromatic N) is 1. The number of carbonyl (C=O) groups excluding carboxylic acids is 3. The molecule has 3 aromatic rings. The summed E-state index contributed by atoms with van der Waals surface area (Å²) in [6, 6.07) is 12.0. The first-order valence-corrected chi connectivity index (χ1v) is 11.3. The molecule has 0 atom stereocenters. The Balaban J connectivity index is 1.59. The van der Waals surface area contributed by atoms with Crippen LogP contribution in [-0.4, -0.2) is 37.7 Å². The maximum Gasteiger partial charge on any atom is 0.373 e. The molecule has 188 valence electrons. The van der Waals surface area contributed by atoms with Gasteiger partial charge in [0.15, 0.2) is 11.5 Å². The molecule has 0 saturated carbocycles. The predicted molar refractivity (Wildman–Crippen MR) is 130 cm³/mol. The van der Waals surface area contributed by atoms with Gasteiger partial charge in [-0.05, 0) is 61.0 Å². The quantitative estimate of drug-likeness (QED) is 0.174. The molecule has 0 aliphatic rings. The Bertz CT molecular complexity index is 1290. The van der Waals surface area contributed by atoms with E-state index in [9.17, 15) is 18.8 Å². The van der Waals surface area contributed by atoms with Gasteiger partial charge in [-0.1, -0.05) is 15.9 Å². The number of hydrazone groups is 1. The van der Waals surface area contributed by atoms with Crippen molar-refractivity contribution >= 4 is 45.6 Å². The van der Waals surface area contributed by atoms with Gasteiger partial charge in [-0.3, -0.25) is 9.59 Å². The summed E-state index contributed by atoms with van der Waals surface area (Å²) in [7, 11) is 1.26. The summed E-state index contributed by atoms with van der Waals surface area (Å²) in [4.78, 5) is 35.4. The lowest BCUT2D eigenvalue weighted by Crippen LogP contribution is -2.32. The van der Waals surface area contributed by atoms with Crippen molar-refractivity contribution in [1.82, 2.24) is 5.43 Å². The third-order valence-corrected chi connectivity index (χ3v) is 4.94. The number of furan rings is 1. The number of methoxy groups -OCH3 is 1. The van der Waals surface area contributed by atoms with Crippen molar-refractivity contribution < 1.29 is 37.4 Å². The first-order valence-electron chi connectivity index (χ1n) is 10.5. The second kappa shape index (κ2) is 12.5. The maximum absolute atomic E-state index is 13.8. The Labute approximate surface area is 213 Å². The van der Waals surface area contributed by atoms with Crippen molar-refractivity contribution in [3.63, 3.8) is 0 Å². The minimum Gasteiger partial charge on any atom is -0.490 e. The van der Waals surface area contributed by atoms with Crippen LogP contribution in [-0.2, 0) is 20.9 Å². The highest BCUT2D eigenvalue weighted by Crippen LogP contribution is 2.29. The molecule has 0 aliphatic heterocycles. The monoisotopic (exact) mass is 561 g/mol. The number of nitrogens with one attached hydrogen (secondary N) is 2. The van der Waals surface area contributed by atoms with Gasteiger partial charge in [0.1, 0.15) is 18.2 Å². The number of hydrogen-bond acceptors (Lipinski definition) is 8. The topological polar surface area (TPSA) is 128 Å². The number of hydrogen-bond donors (Lipinski definition) is 2. The van der Waals surface area contributed by atoms with Gasteiger partial charge in [0.2, 0.25) is 5.76 Å². The standard InChI is InChI=1S/C24H21BrFN3O7/c1-3-34-21-10-14(4-8-19(21)35-13-16-6-9-20(36-16)24(32)33-2)12-27-29-23(31)22(30)28-18-7-5-15(25)11-17(18)26/h4-12H,3,13H2,1-2H3,(H,28,30)(H,29,31)/b27-12+. The molecular weight excluding hydrogens is 541 g/mol. The van der Waals surface area contributed by atoms with Crippen molar-refractivity contribution in [2.45, 2.75) is 13.5 Å². The number of ether oxygens (including phenoxy) is 3. The minimum absolute atomic E-state index is 0.0363. The molecule has 10 nitrogen and oxygen atoms in total. The molecule has 0 radical (unpaired) electrons. The first-order chi connectivity index (χ1) is 17.3. The molecule has 2 amide bonds. The normalized spacial score (nSPS) is 10.7. The average molecular weight is 562 g/mol. The van der Waals surface area contributed by atoms with Crippen molar-refractivity contribution in [2.75, 3.05) is 19.0 Å². The molecule has 0 unspecified atom stereocenters. The average Bonchev–Trinajstić information content (AvgIpc) is 3.34. The molecule has 0 spiro atoms. The SMILES string of the molecule is CCOc1cc(/C=N/NC(=O)C(=O)Nc2ccc(Br)cc2F)ccc1OCc1ccc(C(=O)OC)o1. The Morgan fingerprint density at radius 1 is 1.06 bits per heavy atom. The molecule has 0 fully saturated rings. The van der Waals surface area contributed by atoms with Gasteiger partial charge in [-0.15, -0.1) is 0 Å². The Kier molecular flexibility index (Phi) is 9.17. The van der Waals surface area contributed by atoms with E-state index < -0.39 is 23.6 Å². The first kappa shape index (κ1) is 26.4. The van der Waals surface area contributed by atoms with Crippen molar-refractivity contribution in [2.24, 2.45) is 5.10 Å². The second-order valence-electron chi connectivity index (χ2n) is 6.96. The summed E-state index contributed by atoms with van der Waals surface area (Å²) in [6.07, 6.45) is 1.30. The molecule has 36 heavy (non-hydrogen) atoms. The van der Waals surface area contributed by atoms with E-state index in [1.807, 2.05) is 0 Å². The zero-order chi connectivity index (χ0) is 26.1. The van der Waals surface area contributed by atoms with Gasteiger partial charge in [-0.25, -0.2) is 14.6 Å². The number of halogens is 2. The van der Waals surface area contributed by atoms with Gasteiger partial charge in [-0.2, -0.15) is 5.10 Å². The summed E-state index contributed by atoms with van der Waals surface area (Å²) < 4.78 is 35.6. The number of amides is 2. The van der Waals surface area contributed by atoms with Gasteiger partial charge in [0.05, 0.1) is 25.6 Å². The van der Waals surface area contributed by atoms with Crippen LogP contribution in [0.2, 0.25) is 0 Å². The van der Waals surface area contributed by atoms with Crippen LogP contribution < -0.4 is 20.2 Å². The van der Waals surface area contributed by atoms with Crippen molar-refractivity contribution in [3.8, 4) is 11.5 Å². The van der Waals surface area contributed by atoms with E-state index in [0.717, 1.165) is 6.07 Å². The van der Waals surface area contributed by atoms with Crippen molar-refractivity contribution in [1.29, 1.82) is 0 Å². The summed E-state index contributed by atoms with van der Waals surface area (Å²) in [5, 5.41) is 5.92. The largest absolute Gasteiger partial charge is 0.490 e. The highest BCUT2D eigenvalue weighted by molar-refractivity contribution is 9.10. The fourth-order valence-electron chi connectivity index (χ4n) is 2.79. The predicted octanol–water partition coefficient (Wildman–Crippen LogP) is 4.03. The highest BCUT2D eigenvalue weighted by Gasteiger charge is 2.16. The minimum atomic E-state index is -1.08. The van der Waals surface area contributed by atoms with E-state index >= 15 is 0 Å². The van der Waals surface area contributed by atoms with Crippen LogP contribution in [0.5, 0.6) is 11.5 Å². The Morgan fingerprint density at radius 2 is 1.86 bits per heavy atom. The molecule has 2 N–H and O–H groups in total. The number of rotatable bonds is 9. The molecule has 0 saturated heterocycles. The van der Waals surface area contributed by atoms with Gasteiger partial charge < -0.3 is 23.9 Å². The fourth-order valence-corrected chi connectivity index (χ4v) is 3.13. The second-order valence-corrected chi connectivity index (χ2v) is 7.88. The summed E-state index contributed by atoms with van der Waals surface area (Å²) >= 11 is 3.11. The molecule has 2 aromatic carbocycles. The van der Waals surface area contributed by atoms with E-state index in [-0.39, 0.29) is 18.1 Å². The zero-order valence-electron chi connectivity index (χ0n) is 19.2. The summed E-state index contributed by atoms with van der Waals surface area (Å²) in [5.41, 5.74) is 2.47. The number of benzene rings is 2. The third kappa shape index (κ3) is 7.15. The van der Waals surface area contributed by atoms with E-state index in [1.54, 1.807) is 31.2 Å². The third-order valence-electron chi connectivity index (χ3n) is 4.45. The van der Waals surface area contributed by atoms with E-state index in [1.165, 1.54) is 31.5 Å². The molecule has 1 heterocycles. The van der Waals surface area contributed by atoms with Crippen LogP contribution in [0.1, 0.15) is 28.8 Å². The van der Waals surface area contributed by atoms with Gasteiger partial charge in [0, 0.05) is 4.47 Å². The number of esters is 1. The molecule has 3 rings (SSSR count). The van der Waals surface area contributed by atoms with Crippen LogP contribution in [0, 0.1) is 5.82 Å². The van der Waals surface area contributed by atoms with Crippen LogP contribution in [0.3, 0.4) is 0 Å². The molecule has 0 aliphatic carbocycles. The summed E-state index contributed by atoms with van der Waals surface area (Å²) in [6.45, 7) is 2.19. The van der Waals surface area contributed by atoms with Gasteiger partial charge in [0.25, 0.3) is 0 Å². The Morgan fingerprint density at radius 3 is 2.58 bits per heavy atom.